The highest BCUT2D eigenvalue weighted by molar-refractivity contribution is 6.06. The Balaban J connectivity index is 1.37. The molecule has 0 saturated heterocycles. The first kappa shape index (κ1) is 32.3. The van der Waals surface area contributed by atoms with E-state index in [1.165, 1.54) is 4.90 Å². The SMILES string of the molecule is Cc1noc(C)c1NC(=O)N(C)C[C@@H]1Oc2ccc(NC(=O)Nc3cccc4ccccc34)cc2CC(=O)N([C@@H](C)CO)C[C@@H]1C. The van der Waals surface area contributed by atoms with Crippen molar-refractivity contribution in [2.75, 3.05) is 42.7 Å². The van der Waals surface area contributed by atoms with Gasteiger partial charge < -0.3 is 40.1 Å². The van der Waals surface area contributed by atoms with Crippen LogP contribution in [0.4, 0.5) is 26.7 Å². The van der Waals surface area contributed by atoms with Gasteiger partial charge in [0.05, 0.1) is 31.3 Å². The first-order chi connectivity index (χ1) is 22.0. The molecule has 0 bridgehead atoms. The third kappa shape index (κ3) is 7.23. The van der Waals surface area contributed by atoms with Crippen molar-refractivity contribution >= 4 is 45.8 Å². The van der Waals surface area contributed by atoms with Crippen LogP contribution in [0.3, 0.4) is 0 Å². The van der Waals surface area contributed by atoms with E-state index in [2.05, 4.69) is 21.1 Å². The number of ether oxygens (including phenoxy) is 1. The molecular formula is C34H40N6O6. The summed E-state index contributed by atoms with van der Waals surface area (Å²) in [5.41, 5.74) is 2.82. The smallest absolute Gasteiger partial charge is 0.323 e. The second-order valence-corrected chi connectivity index (χ2v) is 11.8. The molecule has 0 fully saturated rings. The molecule has 242 valence electrons. The molecule has 2 heterocycles. The van der Waals surface area contributed by atoms with Gasteiger partial charge in [0.1, 0.15) is 23.2 Å². The van der Waals surface area contributed by atoms with Crippen LogP contribution in [0.1, 0.15) is 30.9 Å². The molecule has 3 atom stereocenters. The average molecular weight is 629 g/mol. The third-order valence-electron chi connectivity index (χ3n) is 8.28. The fraction of sp³-hybridized carbons (Fsp3) is 0.353. The number of rotatable bonds is 7. The van der Waals surface area contributed by atoms with Gasteiger partial charge in [0.15, 0.2) is 5.76 Å². The molecule has 0 spiro atoms. The molecular weight excluding hydrogens is 588 g/mol. The van der Waals surface area contributed by atoms with Gasteiger partial charge in [-0.2, -0.15) is 0 Å². The number of carbonyl (C=O) groups excluding carboxylic acids is 3. The number of urea groups is 2. The van der Waals surface area contributed by atoms with E-state index in [9.17, 15) is 19.5 Å². The first-order valence-electron chi connectivity index (χ1n) is 15.2. The van der Waals surface area contributed by atoms with Gasteiger partial charge in [-0.3, -0.25) is 4.79 Å². The Labute approximate surface area is 267 Å². The Kier molecular flexibility index (Phi) is 9.76. The maximum absolute atomic E-state index is 13.6. The fourth-order valence-electron chi connectivity index (χ4n) is 5.56. The van der Waals surface area contributed by atoms with Crippen molar-refractivity contribution in [3.8, 4) is 5.75 Å². The zero-order chi connectivity index (χ0) is 33.0. The number of fused-ring (bicyclic) bond motifs is 2. The van der Waals surface area contributed by atoms with Crippen molar-refractivity contribution in [2.45, 2.75) is 46.3 Å². The Hall–Kier alpha value is -5.10. The lowest BCUT2D eigenvalue weighted by molar-refractivity contribution is -0.134. The van der Waals surface area contributed by atoms with E-state index < -0.39 is 18.2 Å². The van der Waals surface area contributed by atoms with Crippen LogP contribution in [0.5, 0.6) is 5.75 Å². The summed E-state index contributed by atoms with van der Waals surface area (Å²) in [6, 6.07) is 17.4. The molecule has 1 aromatic heterocycles. The lowest BCUT2D eigenvalue weighted by Gasteiger charge is -2.34. The Morgan fingerprint density at radius 2 is 1.85 bits per heavy atom. The van der Waals surface area contributed by atoms with E-state index in [0.717, 1.165) is 10.8 Å². The van der Waals surface area contributed by atoms with Gasteiger partial charge in [0, 0.05) is 36.1 Å². The Bertz CT molecular complexity index is 1710. The van der Waals surface area contributed by atoms with E-state index in [4.69, 9.17) is 9.26 Å². The van der Waals surface area contributed by atoms with Crippen LogP contribution >= 0.6 is 0 Å². The highest BCUT2D eigenvalue weighted by atomic mass is 16.5. The zero-order valence-electron chi connectivity index (χ0n) is 26.7. The summed E-state index contributed by atoms with van der Waals surface area (Å²) in [4.78, 5) is 42.9. The lowest BCUT2D eigenvalue weighted by atomic mass is 10.0. The number of anilines is 3. The van der Waals surface area contributed by atoms with Crippen molar-refractivity contribution in [1.82, 2.24) is 15.0 Å². The van der Waals surface area contributed by atoms with Crippen LogP contribution in [-0.4, -0.2) is 76.9 Å². The summed E-state index contributed by atoms with van der Waals surface area (Å²) in [6.45, 7) is 7.53. The first-order valence-corrected chi connectivity index (χ1v) is 15.2. The predicted molar refractivity (Wildman–Crippen MR) is 176 cm³/mol. The lowest BCUT2D eigenvalue weighted by Crippen LogP contribution is -2.48. The van der Waals surface area contributed by atoms with Crippen LogP contribution in [0.25, 0.3) is 10.8 Å². The highest BCUT2D eigenvalue weighted by Gasteiger charge is 2.32. The number of amides is 5. The zero-order valence-corrected chi connectivity index (χ0v) is 26.7. The van der Waals surface area contributed by atoms with Crippen LogP contribution in [0.2, 0.25) is 0 Å². The number of aliphatic hydroxyl groups is 1. The van der Waals surface area contributed by atoms with Crippen molar-refractivity contribution in [2.24, 2.45) is 5.92 Å². The second-order valence-electron chi connectivity index (χ2n) is 11.8. The van der Waals surface area contributed by atoms with Crippen molar-refractivity contribution < 1.29 is 28.8 Å². The summed E-state index contributed by atoms with van der Waals surface area (Å²) < 4.78 is 11.7. The maximum Gasteiger partial charge on any atom is 0.323 e. The standard InChI is InChI=1S/C34H40N6O6/c1-20-17-40(21(2)19-41)31(42)16-25-15-26(35-33(43)36-28-12-8-10-24-9-6-7-11-27(24)28)13-14-29(25)45-30(20)18-39(5)34(44)37-32-22(3)38-46-23(32)4/h6-15,20-21,30,41H,16-19H2,1-5H3,(H,37,44)(H2,35,36,43)/t20-,21-,30-/m0/s1. The van der Waals surface area contributed by atoms with E-state index in [0.29, 0.717) is 46.4 Å². The monoisotopic (exact) mass is 628 g/mol. The molecule has 3 aromatic carbocycles. The second kappa shape index (κ2) is 13.9. The predicted octanol–water partition coefficient (Wildman–Crippen LogP) is 5.40. The van der Waals surface area contributed by atoms with Crippen LogP contribution in [0, 0.1) is 19.8 Å². The minimum atomic E-state index is -0.507. The normalized spacial score (nSPS) is 17.2. The molecule has 12 nitrogen and oxygen atoms in total. The molecule has 4 N–H and O–H groups in total. The van der Waals surface area contributed by atoms with Gasteiger partial charge in [-0.15, -0.1) is 0 Å². The van der Waals surface area contributed by atoms with Crippen molar-refractivity contribution in [3.05, 3.63) is 77.7 Å². The number of hydrogen-bond acceptors (Lipinski definition) is 7. The molecule has 5 amide bonds. The molecule has 0 saturated carbocycles. The Morgan fingerprint density at radius 3 is 2.59 bits per heavy atom. The fourth-order valence-corrected chi connectivity index (χ4v) is 5.56. The van der Waals surface area contributed by atoms with Gasteiger partial charge in [-0.25, -0.2) is 9.59 Å². The number of hydrogen-bond donors (Lipinski definition) is 4. The molecule has 1 aliphatic heterocycles. The van der Waals surface area contributed by atoms with Crippen LogP contribution in [0.15, 0.2) is 65.2 Å². The minimum absolute atomic E-state index is 0.00193. The number of nitrogens with one attached hydrogen (secondary N) is 3. The third-order valence-corrected chi connectivity index (χ3v) is 8.28. The summed E-state index contributed by atoms with van der Waals surface area (Å²) >= 11 is 0. The van der Waals surface area contributed by atoms with E-state index >= 15 is 0 Å². The number of nitrogens with zero attached hydrogens (tertiary/aromatic N) is 3. The summed E-state index contributed by atoms with van der Waals surface area (Å²) in [6.07, 6.45) is -0.506. The topological polar surface area (TPSA) is 149 Å². The van der Waals surface area contributed by atoms with Crippen molar-refractivity contribution in [3.63, 3.8) is 0 Å². The van der Waals surface area contributed by atoms with E-state index in [1.807, 2.05) is 49.4 Å². The van der Waals surface area contributed by atoms with E-state index in [-0.39, 0.29) is 37.4 Å². The van der Waals surface area contributed by atoms with Gasteiger partial charge in [0.25, 0.3) is 0 Å². The quantitative estimate of drug-likeness (QED) is 0.214. The summed E-state index contributed by atoms with van der Waals surface area (Å²) in [5.74, 6) is 0.592. The molecule has 4 aromatic rings. The maximum atomic E-state index is 13.6. The number of likely N-dealkylation sites (N-methyl/N-ethyl adjacent to an activating group) is 1. The van der Waals surface area contributed by atoms with Crippen LogP contribution in [-0.2, 0) is 11.2 Å². The summed E-state index contributed by atoms with van der Waals surface area (Å²) in [5, 5.41) is 24.4. The Morgan fingerprint density at radius 1 is 1.09 bits per heavy atom. The number of carbonyl (C=O) groups is 3. The van der Waals surface area contributed by atoms with E-state index in [1.54, 1.807) is 50.9 Å². The molecule has 12 heteroatoms. The highest BCUT2D eigenvalue weighted by Crippen LogP contribution is 2.30. The minimum Gasteiger partial charge on any atom is -0.488 e. The van der Waals surface area contributed by atoms with Gasteiger partial charge in [-0.05, 0) is 50.4 Å². The van der Waals surface area contributed by atoms with Gasteiger partial charge in [0.2, 0.25) is 5.91 Å². The molecule has 0 aliphatic carbocycles. The number of benzene rings is 3. The van der Waals surface area contributed by atoms with Crippen LogP contribution < -0.4 is 20.7 Å². The molecule has 1 aliphatic rings. The molecule has 0 radical (unpaired) electrons. The van der Waals surface area contributed by atoms with Gasteiger partial charge in [-0.1, -0.05) is 48.5 Å². The molecule has 46 heavy (non-hydrogen) atoms. The summed E-state index contributed by atoms with van der Waals surface area (Å²) in [7, 11) is 1.66. The molecule has 0 unspecified atom stereocenters. The number of aromatic nitrogens is 1. The average Bonchev–Trinajstić information content (AvgIpc) is 3.37. The number of aliphatic hydroxyl groups excluding tert-OH is 1. The van der Waals surface area contributed by atoms with Crippen molar-refractivity contribution in [1.29, 1.82) is 0 Å². The van der Waals surface area contributed by atoms with Gasteiger partial charge >= 0.3 is 12.1 Å². The largest absolute Gasteiger partial charge is 0.488 e. The molecule has 5 rings (SSSR count). The number of aryl methyl sites for hydroxylation is 2.